The van der Waals surface area contributed by atoms with Gasteiger partial charge in [0.2, 0.25) is 0 Å². The number of hydrogen-bond donors (Lipinski definition) is 0. The van der Waals surface area contributed by atoms with Crippen LogP contribution in [0.1, 0.15) is 0 Å². The minimum atomic E-state index is 0.878. The Labute approximate surface area is 310 Å². The molecule has 3 heteroatoms. The Morgan fingerprint density at radius 3 is 1.92 bits per heavy atom. The molecule has 0 bridgehead atoms. The second kappa shape index (κ2) is 11.9. The van der Waals surface area contributed by atoms with Gasteiger partial charge in [0.25, 0.3) is 0 Å². The average molecular weight is 694 g/mol. The highest BCUT2D eigenvalue weighted by molar-refractivity contribution is 7.26. The minimum absolute atomic E-state index is 0.878. The highest BCUT2D eigenvalue weighted by atomic mass is 32.1. The third-order valence-corrected chi connectivity index (χ3v) is 11.8. The van der Waals surface area contributed by atoms with Crippen molar-refractivity contribution < 1.29 is 4.42 Å². The van der Waals surface area contributed by atoms with E-state index in [0.29, 0.717) is 0 Å². The molecule has 9 aromatic carbocycles. The van der Waals surface area contributed by atoms with E-state index in [9.17, 15) is 0 Å². The van der Waals surface area contributed by atoms with Crippen LogP contribution in [0.15, 0.2) is 192 Å². The van der Waals surface area contributed by atoms with E-state index in [1.54, 1.807) is 0 Å². The van der Waals surface area contributed by atoms with E-state index in [1.807, 2.05) is 11.3 Å². The normalized spacial score (nSPS) is 11.8. The molecule has 0 spiro atoms. The number of rotatable bonds is 5. The first kappa shape index (κ1) is 30.0. The van der Waals surface area contributed by atoms with Crippen molar-refractivity contribution in [3.63, 3.8) is 0 Å². The molecule has 0 fully saturated rings. The molecule has 0 radical (unpaired) electrons. The molecule has 0 aliphatic rings. The molecule has 0 N–H and O–H groups in total. The van der Waals surface area contributed by atoms with Gasteiger partial charge in [-0.05, 0) is 80.7 Å². The number of hydrogen-bond acceptors (Lipinski definition) is 3. The van der Waals surface area contributed by atoms with Crippen molar-refractivity contribution in [2.24, 2.45) is 0 Å². The van der Waals surface area contributed by atoms with Gasteiger partial charge < -0.3 is 9.32 Å². The topological polar surface area (TPSA) is 16.4 Å². The molecule has 0 saturated heterocycles. The Balaban J connectivity index is 1.25. The summed E-state index contributed by atoms with van der Waals surface area (Å²) in [4.78, 5) is 2.47. The van der Waals surface area contributed by atoms with Crippen LogP contribution < -0.4 is 4.90 Å². The van der Waals surface area contributed by atoms with Gasteiger partial charge in [-0.25, -0.2) is 0 Å². The summed E-state index contributed by atoms with van der Waals surface area (Å²) in [5.74, 6) is 0. The maximum atomic E-state index is 6.80. The van der Waals surface area contributed by atoms with Crippen LogP contribution in [0.4, 0.5) is 17.1 Å². The van der Waals surface area contributed by atoms with Gasteiger partial charge >= 0.3 is 0 Å². The fraction of sp³-hybridized carbons (Fsp3) is 0. The van der Waals surface area contributed by atoms with Gasteiger partial charge in [-0.15, -0.1) is 11.3 Å². The van der Waals surface area contributed by atoms with Crippen LogP contribution in [0.5, 0.6) is 0 Å². The van der Waals surface area contributed by atoms with E-state index in [4.69, 9.17) is 4.42 Å². The molecule has 2 aromatic heterocycles. The summed E-state index contributed by atoms with van der Waals surface area (Å²) in [5, 5.41) is 9.66. The maximum Gasteiger partial charge on any atom is 0.145 e. The van der Waals surface area contributed by atoms with Crippen molar-refractivity contribution in [2.45, 2.75) is 0 Å². The van der Waals surface area contributed by atoms with Crippen molar-refractivity contribution >= 4 is 92.1 Å². The first-order valence-corrected chi connectivity index (χ1v) is 18.8. The van der Waals surface area contributed by atoms with Crippen molar-refractivity contribution in [3.8, 4) is 22.3 Å². The summed E-state index contributed by atoms with van der Waals surface area (Å²) < 4.78 is 9.35. The molecule has 11 aromatic rings. The largest absolute Gasteiger partial charge is 0.455 e. The Kier molecular flexibility index (Phi) is 6.76. The van der Waals surface area contributed by atoms with Crippen molar-refractivity contribution in [2.75, 3.05) is 4.90 Å². The van der Waals surface area contributed by atoms with Crippen LogP contribution >= 0.6 is 11.3 Å². The van der Waals surface area contributed by atoms with Gasteiger partial charge in [0.05, 0.1) is 16.8 Å². The third-order valence-electron chi connectivity index (χ3n) is 10.6. The van der Waals surface area contributed by atoms with E-state index in [2.05, 4.69) is 193 Å². The molecule has 0 aliphatic carbocycles. The van der Waals surface area contributed by atoms with Crippen molar-refractivity contribution in [3.05, 3.63) is 188 Å². The number of anilines is 3. The molecule has 0 aliphatic heterocycles. The van der Waals surface area contributed by atoms with Crippen LogP contribution in [0, 0.1) is 0 Å². The van der Waals surface area contributed by atoms with Crippen LogP contribution in [0.25, 0.3) is 85.9 Å². The average Bonchev–Trinajstić information content (AvgIpc) is 3.81. The number of furan rings is 1. The number of benzene rings is 9. The fourth-order valence-corrected chi connectivity index (χ4v) is 9.51. The summed E-state index contributed by atoms with van der Waals surface area (Å²) in [6, 6.07) is 67.9. The molecule has 11 rings (SSSR count). The van der Waals surface area contributed by atoms with E-state index >= 15 is 0 Å². The van der Waals surface area contributed by atoms with E-state index in [-0.39, 0.29) is 0 Å². The van der Waals surface area contributed by atoms with Crippen LogP contribution in [-0.2, 0) is 0 Å². The summed E-state index contributed by atoms with van der Waals surface area (Å²) in [7, 11) is 0. The zero-order chi connectivity index (χ0) is 34.9. The number of thiophene rings is 1. The molecule has 0 saturated carbocycles. The van der Waals surface area contributed by atoms with Crippen molar-refractivity contribution in [1.82, 2.24) is 0 Å². The van der Waals surface area contributed by atoms with Gasteiger partial charge in [0, 0.05) is 36.8 Å². The zero-order valence-electron chi connectivity index (χ0n) is 28.7. The van der Waals surface area contributed by atoms with E-state index < -0.39 is 0 Å². The smallest absolute Gasteiger partial charge is 0.145 e. The quantitative estimate of drug-likeness (QED) is 0.167. The summed E-state index contributed by atoms with van der Waals surface area (Å²) >= 11 is 1.87. The third kappa shape index (κ3) is 4.71. The molecular weight excluding hydrogens is 663 g/mol. The predicted octanol–water partition coefficient (Wildman–Crippen LogP) is 15.1. The standard InChI is InChI=1S/C50H31NOS/c1-3-13-32(14-4-1)39-29-30-44(48-41-19-9-10-23-45(41)52-49(39)48)51(36-27-28-38-35(31-36)26-25-34-17-7-8-18-37(34)38)43-22-12-24-46-47(43)42-21-11-20-40(50(42)53-46)33-15-5-2-6-16-33/h1-31H. The first-order valence-electron chi connectivity index (χ1n) is 18.0. The predicted molar refractivity (Wildman–Crippen MR) is 227 cm³/mol. The van der Waals surface area contributed by atoms with Gasteiger partial charge in [-0.2, -0.15) is 0 Å². The Morgan fingerprint density at radius 1 is 0.415 bits per heavy atom. The second-order valence-corrected chi connectivity index (χ2v) is 14.7. The minimum Gasteiger partial charge on any atom is -0.455 e. The number of fused-ring (bicyclic) bond motifs is 9. The van der Waals surface area contributed by atoms with Gasteiger partial charge in [-0.3, -0.25) is 0 Å². The Hall–Kier alpha value is -6.68. The lowest BCUT2D eigenvalue weighted by Gasteiger charge is -2.28. The lowest BCUT2D eigenvalue weighted by Crippen LogP contribution is -2.11. The Morgan fingerprint density at radius 2 is 1.08 bits per heavy atom. The molecule has 248 valence electrons. The molecule has 53 heavy (non-hydrogen) atoms. The highest BCUT2D eigenvalue weighted by Crippen LogP contribution is 2.51. The molecule has 2 nitrogen and oxygen atoms in total. The lowest BCUT2D eigenvalue weighted by atomic mass is 9.98. The van der Waals surface area contributed by atoms with E-state index in [1.165, 1.54) is 52.8 Å². The van der Waals surface area contributed by atoms with Gasteiger partial charge in [0.1, 0.15) is 11.2 Å². The molecular formula is C50H31NOS. The molecule has 2 heterocycles. The lowest BCUT2D eigenvalue weighted by molar-refractivity contribution is 0.670. The molecule has 0 unspecified atom stereocenters. The summed E-state index contributed by atoms with van der Waals surface area (Å²) in [6.07, 6.45) is 0. The van der Waals surface area contributed by atoms with E-state index in [0.717, 1.165) is 50.1 Å². The van der Waals surface area contributed by atoms with Gasteiger partial charge in [0.15, 0.2) is 0 Å². The first-order chi connectivity index (χ1) is 26.3. The fourth-order valence-electron chi connectivity index (χ4n) is 8.25. The zero-order valence-corrected chi connectivity index (χ0v) is 29.5. The van der Waals surface area contributed by atoms with Crippen LogP contribution in [-0.4, -0.2) is 0 Å². The van der Waals surface area contributed by atoms with Gasteiger partial charge in [-0.1, -0.05) is 146 Å². The SMILES string of the molecule is c1ccc(-c2ccc(N(c3ccc4c(ccc5ccccc54)c3)c3cccc4sc5c(-c6ccccc6)cccc5c34)c3c2oc2ccccc23)cc1. The second-order valence-electron chi connectivity index (χ2n) is 13.6. The number of nitrogens with zero attached hydrogens (tertiary/aromatic N) is 1. The van der Waals surface area contributed by atoms with Crippen LogP contribution in [0.2, 0.25) is 0 Å². The maximum absolute atomic E-state index is 6.80. The highest BCUT2D eigenvalue weighted by Gasteiger charge is 2.25. The Bertz CT molecular complexity index is 3180. The molecule has 0 amide bonds. The molecule has 0 atom stereocenters. The summed E-state index contributed by atoms with van der Waals surface area (Å²) in [5.41, 5.74) is 9.78. The summed E-state index contributed by atoms with van der Waals surface area (Å²) in [6.45, 7) is 0. The number of para-hydroxylation sites is 1. The van der Waals surface area contributed by atoms with Crippen molar-refractivity contribution in [1.29, 1.82) is 0 Å². The monoisotopic (exact) mass is 693 g/mol. The van der Waals surface area contributed by atoms with Crippen LogP contribution in [0.3, 0.4) is 0 Å².